The Kier molecular flexibility index (Phi) is 130. The Labute approximate surface area is 81.3 Å². The molecule has 0 saturated carbocycles. The molecule has 4 heteroatoms. The molecule has 0 aromatic carbocycles. The molecule has 0 bridgehead atoms. The summed E-state index contributed by atoms with van der Waals surface area (Å²) < 4.78 is 0. The van der Waals surface area contributed by atoms with Gasteiger partial charge >= 0.3 is 0 Å². The Bertz CT molecular complexity index is 8.00. The average molecular weight is 456 g/mol. The molecule has 0 heterocycles. The van der Waals surface area contributed by atoms with Gasteiger partial charge in [0.05, 0.1) is 0 Å². The third-order valence-electron chi connectivity index (χ3n) is 0. The average Bonchev–Trinajstić information content (AvgIpc) is 0. The van der Waals surface area contributed by atoms with Crippen molar-refractivity contribution >= 4 is 17.4 Å². The Morgan fingerprint density at radius 1 is 1.00 bits per heavy atom. The van der Waals surface area contributed by atoms with E-state index in [4.69, 9.17) is 0 Å². The summed E-state index contributed by atoms with van der Waals surface area (Å²) in [6.45, 7) is 0. The third-order valence-corrected chi connectivity index (χ3v) is 0. The molecule has 0 aromatic rings. The van der Waals surface area contributed by atoms with Gasteiger partial charge in [-0.1, -0.05) is 0 Å². The molecule has 0 N–H and O–H groups in total. The van der Waals surface area contributed by atoms with Crippen molar-refractivity contribution in [2.75, 3.05) is 0 Å². The van der Waals surface area contributed by atoms with Crippen molar-refractivity contribution in [3.05, 3.63) is 0 Å². The summed E-state index contributed by atoms with van der Waals surface area (Å²) in [7, 11) is 0. The molecule has 0 saturated heterocycles. The minimum absolute atomic E-state index is 0. The molecule has 0 aliphatic carbocycles. The van der Waals surface area contributed by atoms with Crippen molar-refractivity contribution in [1.29, 1.82) is 0 Å². The Morgan fingerprint density at radius 2 is 1.00 bits per heavy atom. The van der Waals surface area contributed by atoms with Gasteiger partial charge in [0.15, 0.2) is 0 Å². The van der Waals surface area contributed by atoms with Crippen LogP contribution in [0.4, 0.5) is 0 Å². The van der Waals surface area contributed by atoms with Crippen LogP contribution < -0.4 is 0 Å². The van der Waals surface area contributed by atoms with Crippen molar-refractivity contribution in [3.63, 3.8) is 0 Å². The van der Waals surface area contributed by atoms with E-state index in [1.54, 1.807) is 0 Å². The largest absolute Gasteiger partial charge is 0 e. The SMILES string of the molecule is [Al].[Au].[Ti].[W]. The van der Waals surface area contributed by atoms with Crippen molar-refractivity contribution in [3.8, 4) is 0 Å². The summed E-state index contributed by atoms with van der Waals surface area (Å²) in [5, 5.41) is 0. The van der Waals surface area contributed by atoms with Crippen LogP contribution in [0.5, 0.6) is 0 Å². The third kappa shape index (κ3) is 8.82. The molecular formula is AlAuTiW. The standard InChI is InChI=1S/Al.Au.Ti.W. The summed E-state index contributed by atoms with van der Waals surface area (Å²) in [4.78, 5) is 0. The second-order valence-corrected chi connectivity index (χ2v) is 0. The van der Waals surface area contributed by atoms with Crippen LogP contribution >= 0.6 is 0 Å². The molecule has 0 nitrogen and oxygen atoms in total. The maximum atomic E-state index is 0. The zero-order valence-electron chi connectivity index (χ0n) is 1.79. The molecule has 0 atom stereocenters. The van der Waals surface area contributed by atoms with Crippen LogP contribution in [-0.2, 0) is 65.2 Å². The summed E-state index contributed by atoms with van der Waals surface area (Å²) in [5.41, 5.74) is 0. The molecular weight excluding hydrogens is 456 g/mol. The van der Waals surface area contributed by atoms with E-state index in [1.165, 1.54) is 0 Å². The number of hydrogen-bond donors (Lipinski definition) is 0. The fourth-order valence-electron chi connectivity index (χ4n) is 0. The van der Waals surface area contributed by atoms with Gasteiger partial charge in [-0.2, -0.15) is 0 Å². The van der Waals surface area contributed by atoms with Gasteiger partial charge in [0.25, 0.3) is 0 Å². The minimum Gasteiger partial charge on any atom is 0 e. The van der Waals surface area contributed by atoms with Gasteiger partial charge in [-0.15, -0.1) is 0 Å². The van der Waals surface area contributed by atoms with Crippen molar-refractivity contribution in [2.24, 2.45) is 0 Å². The Morgan fingerprint density at radius 3 is 1.00 bits per heavy atom. The number of hydrogen-bond acceptors (Lipinski definition) is 0. The summed E-state index contributed by atoms with van der Waals surface area (Å²) in [5.74, 6) is 0. The smallest absolute Gasteiger partial charge is 0 e. The first-order valence-electron chi connectivity index (χ1n) is 0. The normalized spacial score (nSPS) is 0. The van der Waals surface area contributed by atoms with Gasteiger partial charge in [-0.05, 0) is 0 Å². The molecule has 0 spiro atoms. The first-order valence-corrected chi connectivity index (χ1v) is 0. The Balaban J connectivity index is 0. The quantitative estimate of drug-likeness (QED) is 0.437. The van der Waals surface area contributed by atoms with Crippen molar-refractivity contribution in [1.82, 2.24) is 0 Å². The fourth-order valence-corrected chi connectivity index (χ4v) is 0. The molecule has 0 fully saturated rings. The fraction of sp³-hybridized carbons (Fsp3) is 0. The molecule has 0 aliphatic heterocycles. The summed E-state index contributed by atoms with van der Waals surface area (Å²) >= 11 is 0. The second kappa shape index (κ2) is 17.3. The second-order valence-electron chi connectivity index (χ2n) is 0. The maximum Gasteiger partial charge on any atom is 0 e. The van der Waals surface area contributed by atoms with Crippen LogP contribution in [-0.4, -0.2) is 17.4 Å². The van der Waals surface area contributed by atoms with Gasteiger partial charge < -0.3 is 0 Å². The van der Waals surface area contributed by atoms with E-state index in [0.29, 0.717) is 0 Å². The first kappa shape index (κ1) is 30.0. The maximum absolute atomic E-state index is 0. The van der Waals surface area contributed by atoms with Crippen LogP contribution in [0.2, 0.25) is 0 Å². The monoisotopic (exact) mass is 456 g/mol. The molecule has 0 unspecified atom stereocenters. The van der Waals surface area contributed by atoms with E-state index in [0.717, 1.165) is 0 Å². The van der Waals surface area contributed by atoms with Gasteiger partial charge in [0, 0.05) is 82.5 Å². The van der Waals surface area contributed by atoms with E-state index in [1.807, 2.05) is 0 Å². The molecule has 4 radical (unpaired) electrons. The summed E-state index contributed by atoms with van der Waals surface area (Å²) in [6.07, 6.45) is 0. The predicted molar refractivity (Wildman–Crippen MR) is 5.75 cm³/mol. The molecule has 4 heavy (non-hydrogen) atoms. The van der Waals surface area contributed by atoms with Crippen molar-refractivity contribution in [2.45, 2.75) is 0 Å². The van der Waals surface area contributed by atoms with E-state index in [9.17, 15) is 0 Å². The van der Waals surface area contributed by atoms with E-state index in [-0.39, 0.29) is 82.5 Å². The molecule has 24 valence electrons. The molecule has 0 aromatic heterocycles. The van der Waals surface area contributed by atoms with E-state index in [2.05, 4.69) is 0 Å². The van der Waals surface area contributed by atoms with Crippen LogP contribution in [0.15, 0.2) is 0 Å². The Hall–Kier alpha value is 2.68. The van der Waals surface area contributed by atoms with Crippen LogP contribution in [0.3, 0.4) is 0 Å². The van der Waals surface area contributed by atoms with Gasteiger partial charge in [-0.3, -0.25) is 0 Å². The van der Waals surface area contributed by atoms with E-state index >= 15 is 0 Å². The molecule has 0 aliphatic rings. The predicted octanol–water partition coefficient (Wildman–Crippen LogP) is -0.388. The molecule has 0 amide bonds. The zero-order chi connectivity index (χ0) is 0. The van der Waals surface area contributed by atoms with Gasteiger partial charge in [0.2, 0.25) is 0 Å². The number of rotatable bonds is 0. The van der Waals surface area contributed by atoms with E-state index < -0.39 is 0 Å². The minimum atomic E-state index is 0. The van der Waals surface area contributed by atoms with Gasteiger partial charge in [-0.25, -0.2) is 0 Å². The van der Waals surface area contributed by atoms with Crippen LogP contribution in [0.25, 0.3) is 0 Å². The zero-order valence-corrected chi connectivity index (χ0v) is 9.60. The summed E-state index contributed by atoms with van der Waals surface area (Å²) in [6, 6.07) is 0. The molecule has 0 rings (SSSR count). The first-order chi connectivity index (χ1) is 0. The van der Waals surface area contributed by atoms with Crippen LogP contribution in [0.1, 0.15) is 0 Å². The van der Waals surface area contributed by atoms with Crippen LogP contribution in [0, 0.1) is 0 Å². The van der Waals surface area contributed by atoms with Crippen molar-refractivity contribution < 1.29 is 65.2 Å². The topological polar surface area (TPSA) is 0 Å². The van der Waals surface area contributed by atoms with Gasteiger partial charge in [0.1, 0.15) is 0 Å².